The van der Waals surface area contributed by atoms with E-state index in [0.29, 0.717) is 0 Å². The topological polar surface area (TPSA) is 153 Å². The lowest BCUT2D eigenvalue weighted by atomic mass is 9.81. The van der Waals surface area contributed by atoms with E-state index in [-0.39, 0.29) is 26.1 Å². The van der Waals surface area contributed by atoms with Crippen molar-refractivity contribution in [3.8, 4) is 0 Å². The fraction of sp³-hybridized carbons (Fsp3) is 0.824. The smallest absolute Gasteiger partial charge is 0.305 e. The predicted octanol–water partition coefficient (Wildman–Crippen LogP) is -1.88. The second-order valence-corrected chi connectivity index (χ2v) is 8.03. The van der Waals surface area contributed by atoms with Crippen LogP contribution in [0.1, 0.15) is 33.6 Å². The highest BCUT2D eigenvalue weighted by Crippen LogP contribution is 2.40. The van der Waals surface area contributed by atoms with Gasteiger partial charge in [-0.3, -0.25) is 14.4 Å². The first-order valence-corrected chi connectivity index (χ1v) is 8.99. The Morgan fingerprint density at radius 1 is 1.25 bits per heavy atom. The molecule has 4 aliphatic heterocycles. The molecule has 2 amide bonds. The molecule has 11 heteroatoms. The number of piperazine rings is 1. The van der Waals surface area contributed by atoms with Crippen LogP contribution in [0.3, 0.4) is 0 Å². The number of hydrogen-bond donors (Lipinski definition) is 4. The number of methoxy groups -OCH3 is 1. The highest BCUT2D eigenvalue weighted by Gasteiger charge is 2.66. The molecule has 158 valence electrons. The molecule has 0 aliphatic carbocycles. The summed E-state index contributed by atoms with van der Waals surface area (Å²) in [6.07, 6.45) is -1.89. The molecule has 4 saturated heterocycles. The number of ether oxygens (including phenoxy) is 4. The number of aliphatic hydroxyl groups excluding tert-OH is 1. The fourth-order valence-corrected chi connectivity index (χ4v) is 3.91. The van der Waals surface area contributed by atoms with Crippen molar-refractivity contribution in [2.75, 3.05) is 20.3 Å². The molecule has 4 rings (SSSR count). The van der Waals surface area contributed by atoms with Crippen molar-refractivity contribution in [3.63, 3.8) is 0 Å². The van der Waals surface area contributed by atoms with Crippen LogP contribution in [0, 0.1) is 5.92 Å². The summed E-state index contributed by atoms with van der Waals surface area (Å²) in [4.78, 5) is 37.3. The van der Waals surface area contributed by atoms with E-state index >= 15 is 0 Å². The van der Waals surface area contributed by atoms with E-state index in [0.717, 1.165) is 0 Å². The molecule has 0 aromatic carbocycles. The summed E-state index contributed by atoms with van der Waals surface area (Å²) in [5, 5.41) is 26.4. The Balaban J connectivity index is 1.91. The number of carbonyl (C=O) groups excluding carboxylic acids is 3. The summed E-state index contributed by atoms with van der Waals surface area (Å²) in [5.41, 5.74) is -5.89. The number of hydrogen-bond acceptors (Lipinski definition) is 9. The average molecular weight is 402 g/mol. The number of fused-ring (bicyclic) bond motifs is 5. The first-order chi connectivity index (χ1) is 12.9. The Bertz CT molecular complexity index is 698. The SMILES string of the molecule is COC(=O)CC1CCO[C@]2([C@H](O)[C@]3(C)COC(C)(C)O3)NC(=O)[C@@]1(O)NC2=O. The third-order valence-corrected chi connectivity index (χ3v) is 5.46. The van der Waals surface area contributed by atoms with Gasteiger partial charge in [-0.1, -0.05) is 0 Å². The molecule has 1 unspecified atom stereocenters. The van der Waals surface area contributed by atoms with Crippen molar-refractivity contribution < 1.29 is 43.5 Å². The van der Waals surface area contributed by atoms with Crippen molar-refractivity contribution in [1.82, 2.24) is 10.6 Å². The van der Waals surface area contributed by atoms with Crippen molar-refractivity contribution in [1.29, 1.82) is 0 Å². The Hall–Kier alpha value is -1.79. The minimum atomic E-state index is -2.34. The number of esters is 1. The van der Waals surface area contributed by atoms with Gasteiger partial charge in [-0.15, -0.1) is 0 Å². The van der Waals surface area contributed by atoms with Gasteiger partial charge in [-0.05, 0) is 27.2 Å². The molecular weight excluding hydrogens is 376 g/mol. The zero-order valence-corrected chi connectivity index (χ0v) is 16.2. The minimum absolute atomic E-state index is 0.0509. The van der Waals surface area contributed by atoms with E-state index in [1.807, 2.05) is 0 Å². The lowest BCUT2D eigenvalue weighted by molar-refractivity contribution is -0.248. The number of rotatable bonds is 4. The standard InChI is InChI=1S/C17H26N2O9/c1-14(2)27-8-15(3,28-14)11(21)17-13(23)18-16(24,12(22)19-17)9(5-6-26-17)7-10(20)25-4/h9,11,21,24H,5-8H2,1-4H3,(H,18,23)(H,19,22)/t9?,11-,15+,16-,17+/m1/s1. The molecule has 2 bridgehead atoms. The van der Waals surface area contributed by atoms with Crippen LogP contribution < -0.4 is 10.6 Å². The molecular formula is C17H26N2O9. The summed E-state index contributed by atoms with van der Waals surface area (Å²) in [5.74, 6) is -4.58. The Kier molecular flexibility index (Phi) is 4.96. The normalized spacial score (nSPS) is 40.9. The molecule has 0 radical (unpaired) electrons. The van der Waals surface area contributed by atoms with E-state index in [9.17, 15) is 24.6 Å². The van der Waals surface area contributed by atoms with Crippen LogP contribution in [0.5, 0.6) is 0 Å². The van der Waals surface area contributed by atoms with Gasteiger partial charge in [-0.2, -0.15) is 0 Å². The maximum absolute atomic E-state index is 12.9. The molecule has 4 aliphatic rings. The van der Waals surface area contributed by atoms with E-state index in [1.165, 1.54) is 14.0 Å². The van der Waals surface area contributed by atoms with Crippen molar-refractivity contribution in [2.45, 2.75) is 62.6 Å². The van der Waals surface area contributed by atoms with Crippen LogP contribution in [0.15, 0.2) is 0 Å². The molecule has 28 heavy (non-hydrogen) atoms. The Labute approximate surface area is 161 Å². The third-order valence-electron chi connectivity index (χ3n) is 5.46. The van der Waals surface area contributed by atoms with E-state index in [1.54, 1.807) is 13.8 Å². The van der Waals surface area contributed by atoms with Gasteiger partial charge < -0.3 is 39.8 Å². The van der Waals surface area contributed by atoms with Gasteiger partial charge >= 0.3 is 5.97 Å². The average Bonchev–Trinajstić information content (AvgIpc) is 2.90. The van der Waals surface area contributed by atoms with E-state index < -0.39 is 52.6 Å². The summed E-state index contributed by atoms with van der Waals surface area (Å²) >= 11 is 0. The van der Waals surface area contributed by atoms with Crippen molar-refractivity contribution in [3.05, 3.63) is 0 Å². The fourth-order valence-electron chi connectivity index (χ4n) is 3.91. The summed E-state index contributed by atoms with van der Waals surface area (Å²) < 4.78 is 21.5. The van der Waals surface area contributed by atoms with Crippen LogP contribution in [0.25, 0.3) is 0 Å². The van der Waals surface area contributed by atoms with Gasteiger partial charge in [0.2, 0.25) is 5.72 Å². The molecule has 0 aromatic heterocycles. The first-order valence-electron chi connectivity index (χ1n) is 8.99. The number of amides is 2. The number of aliphatic hydroxyl groups is 2. The monoisotopic (exact) mass is 402 g/mol. The molecule has 5 atom stereocenters. The number of carbonyl (C=O) groups is 3. The molecule has 4 fully saturated rings. The van der Waals surface area contributed by atoms with Crippen LogP contribution in [0.4, 0.5) is 0 Å². The van der Waals surface area contributed by atoms with Crippen molar-refractivity contribution in [2.24, 2.45) is 5.92 Å². The van der Waals surface area contributed by atoms with Gasteiger partial charge in [0.1, 0.15) is 11.7 Å². The molecule has 0 spiro atoms. The second kappa shape index (κ2) is 6.63. The largest absolute Gasteiger partial charge is 0.469 e. The maximum atomic E-state index is 12.9. The van der Waals surface area contributed by atoms with E-state index in [4.69, 9.17) is 14.2 Å². The third kappa shape index (κ3) is 3.16. The molecule has 0 saturated carbocycles. The quantitative estimate of drug-likeness (QED) is 0.396. The van der Waals surface area contributed by atoms with E-state index in [2.05, 4.69) is 15.4 Å². The summed E-state index contributed by atoms with van der Waals surface area (Å²) in [6, 6.07) is 0. The van der Waals surface area contributed by atoms with Gasteiger partial charge in [0.05, 0.1) is 26.7 Å². The lowest BCUT2D eigenvalue weighted by Crippen LogP contribution is -2.83. The highest BCUT2D eigenvalue weighted by atomic mass is 16.8. The predicted molar refractivity (Wildman–Crippen MR) is 90.2 cm³/mol. The van der Waals surface area contributed by atoms with Gasteiger partial charge in [0.15, 0.2) is 5.79 Å². The zero-order chi connectivity index (χ0) is 21.0. The summed E-state index contributed by atoms with van der Waals surface area (Å²) in [6.45, 7) is 4.66. The Morgan fingerprint density at radius 2 is 1.93 bits per heavy atom. The minimum Gasteiger partial charge on any atom is -0.469 e. The van der Waals surface area contributed by atoms with Gasteiger partial charge in [0.25, 0.3) is 17.5 Å². The van der Waals surface area contributed by atoms with Crippen LogP contribution in [-0.2, 0) is 33.3 Å². The van der Waals surface area contributed by atoms with Gasteiger partial charge in [0, 0.05) is 5.92 Å². The maximum Gasteiger partial charge on any atom is 0.305 e. The molecule has 11 nitrogen and oxygen atoms in total. The van der Waals surface area contributed by atoms with Crippen LogP contribution >= 0.6 is 0 Å². The highest BCUT2D eigenvalue weighted by molar-refractivity contribution is 6.01. The summed E-state index contributed by atoms with van der Waals surface area (Å²) in [7, 11) is 1.18. The zero-order valence-electron chi connectivity index (χ0n) is 16.2. The van der Waals surface area contributed by atoms with Crippen LogP contribution in [-0.4, -0.2) is 77.3 Å². The second-order valence-electron chi connectivity index (χ2n) is 8.03. The Morgan fingerprint density at radius 3 is 2.50 bits per heavy atom. The van der Waals surface area contributed by atoms with Crippen LogP contribution in [0.2, 0.25) is 0 Å². The molecule has 4 heterocycles. The number of nitrogens with one attached hydrogen (secondary N) is 2. The molecule has 0 aromatic rings. The lowest BCUT2D eigenvalue weighted by Gasteiger charge is -2.51. The molecule has 4 N–H and O–H groups in total. The first kappa shape index (κ1) is 20.9. The van der Waals surface area contributed by atoms with Gasteiger partial charge in [-0.25, -0.2) is 0 Å². The van der Waals surface area contributed by atoms with Crippen molar-refractivity contribution >= 4 is 17.8 Å².